The van der Waals surface area contributed by atoms with Gasteiger partial charge in [-0.05, 0) is 36.8 Å². The van der Waals surface area contributed by atoms with Crippen LogP contribution in [0.3, 0.4) is 0 Å². The molecule has 0 saturated heterocycles. The summed E-state index contributed by atoms with van der Waals surface area (Å²) in [5, 5.41) is 0.567. The van der Waals surface area contributed by atoms with Crippen molar-refractivity contribution >= 4 is 28.9 Å². The third kappa shape index (κ3) is 2.06. The molecule has 2 aromatic rings. The second-order valence-electron chi connectivity index (χ2n) is 4.56. The molecule has 3 nitrogen and oxygen atoms in total. The van der Waals surface area contributed by atoms with Gasteiger partial charge in [0.2, 0.25) is 0 Å². The molecule has 4 heteroatoms. The average molecular weight is 273 g/mol. The lowest BCUT2D eigenvalue weighted by molar-refractivity contribution is 0.0989. The van der Waals surface area contributed by atoms with E-state index in [0.717, 1.165) is 23.4 Å². The van der Waals surface area contributed by atoms with Crippen LogP contribution in [0.4, 0.5) is 11.4 Å². The van der Waals surface area contributed by atoms with E-state index in [0.29, 0.717) is 17.1 Å². The van der Waals surface area contributed by atoms with Crippen molar-refractivity contribution in [1.29, 1.82) is 0 Å². The number of carbonyl (C=O) groups is 1. The van der Waals surface area contributed by atoms with Crippen molar-refractivity contribution in [3.8, 4) is 0 Å². The Morgan fingerprint density at radius 2 is 2.00 bits per heavy atom. The van der Waals surface area contributed by atoms with Gasteiger partial charge >= 0.3 is 0 Å². The zero-order valence-corrected chi connectivity index (χ0v) is 11.0. The van der Waals surface area contributed by atoms with Crippen molar-refractivity contribution in [2.45, 2.75) is 6.42 Å². The number of carbonyl (C=O) groups excluding carboxylic acids is 1. The summed E-state index contributed by atoms with van der Waals surface area (Å²) < 4.78 is 0. The van der Waals surface area contributed by atoms with Crippen LogP contribution in [0, 0.1) is 0 Å². The van der Waals surface area contributed by atoms with E-state index in [4.69, 9.17) is 17.3 Å². The van der Waals surface area contributed by atoms with Gasteiger partial charge in [-0.2, -0.15) is 0 Å². The highest BCUT2D eigenvalue weighted by atomic mass is 35.5. The number of amides is 1. The quantitative estimate of drug-likeness (QED) is 0.811. The van der Waals surface area contributed by atoms with E-state index >= 15 is 0 Å². The first-order chi connectivity index (χ1) is 9.16. The topological polar surface area (TPSA) is 46.3 Å². The minimum Gasteiger partial charge on any atom is -0.398 e. The maximum Gasteiger partial charge on any atom is 0.258 e. The maximum atomic E-state index is 12.5. The van der Waals surface area contributed by atoms with E-state index < -0.39 is 0 Å². The van der Waals surface area contributed by atoms with Crippen LogP contribution in [0.2, 0.25) is 5.02 Å². The summed E-state index contributed by atoms with van der Waals surface area (Å²) in [4.78, 5) is 14.3. The molecule has 1 amide bonds. The molecule has 0 unspecified atom stereocenters. The molecule has 1 aliphatic heterocycles. The Bertz CT molecular complexity index is 654. The van der Waals surface area contributed by atoms with Gasteiger partial charge < -0.3 is 10.6 Å². The highest BCUT2D eigenvalue weighted by Crippen LogP contribution is 2.33. The Balaban J connectivity index is 1.98. The smallest absolute Gasteiger partial charge is 0.258 e. The van der Waals surface area contributed by atoms with E-state index in [9.17, 15) is 4.79 Å². The van der Waals surface area contributed by atoms with Crippen LogP contribution in [0.25, 0.3) is 0 Å². The summed E-state index contributed by atoms with van der Waals surface area (Å²) in [6.07, 6.45) is 0.800. The van der Waals surface area contributed by atoms with E-state index in [1.54, 1.807) is 29.2 Å². The lowest BCUT2D eigenvalue weighted by Gasteiger charge is -2.17. The van der Waals surface area contributed by atoms with Gasteiger partial charge in [0.1, 0.15) is 0 Å². The van der Waals surface area contributed by atoms with Crippen molar-refractivity contribution < 1.29 is 4.79 Å². The second-order valence-corrected chi connectivity index (χ2v) is 5.00. The zero-order chi connectivity index (χ0) is 13.4. The van der Waals surface area contributed by atoms with Crippen LogP contribution < -0.4 is 10.6 Å². The highest BCUT2D eigenvalue weighted by molar-refractivity contribution is 6.31. The number of nitrogen functional groups attached to an aromatic ring is 1. The van der Waals surface area contributed by atoms with Gasteiger partial charge in [-0.15, -0.1) is 0 Å². The molecule has 1 heterocycles. The standard InChI is InChI=1S/C15H13ClN2O/c16-11-4-1-3-10(9-11)15(19)18-8-7-12-13(17)5-2-6-14(12)18/h1-6,9H,7-8,17H2. The van der Waals surface area contributed by atoms with Gasteiger partial charge in [-0.1, -0.05) is 23.7 Å². The first-order valence-electron chi connectivity index (χ1n) is 6.11. The fourth-order valence-corrected chi connectivity index (χ4v) is 2.64. The van der Waals surface area contributed by atoms with Crippen LogP contribution in [-0.2, 0) is 6.42 Å². The summed E-state index contributed by atoms with van der Waals surface area (Å²) in [7, 11) is 0. The van der Waals surface area contributed by atoms with Gasteiger partial charge in [0, 0.05) is 34.1 Å². The van der Waals surface area contributed by atoms with E-state index in [-0.39, 0.29) is 5.91 Å². The summed E-state index contributed by atoms with van der Waals surface area (Å²) in [6.45, 7) is 0.662. The number of hydrogen-bond acceptors (Lipinski definition) is 2. The molecular formula is C15H13ClN2O. The normalized spacial score (nSPS) is 13.4. The molecule has 19 heavy (non-hydrogen) atoms. The molecule has 2 aromatic carbocycles. The molecule has 3 rings (SSSR count). The first-order valence-corrected chi connectivity index (χ1v) is 6.49. The van der Waals surface area contributed by atoms with Gasteiger partial charge in [0.05, 0.1) is 0 Å². The molecule has 0 bridgehead atoms. The number of benzene rings is 2. The monoisotopic (exact) mass is 272 g/mol. The van der Waals surface area contributed by atoms with Crippen LogP contribution in [0.5, 0.6) is 0 Å². The third-order valence-corrected chi connectivity index (χ3v) is 3.62. The molecule has 1 aliphatic rings. The molecule has 0 aromatic heterocycles. The molecule has 0 spiro atoms. The molecule has 2 N–H and O–H groups in total. The SMILES string of the molecule is Nc1cccc2c1CCN2C(=O)c1cccc(Cl)c1. The number of halogens is 1. The first kappa shape index (κ1) is 12.1. The molecule has 0 aliphatic carbocycles. The third-order valence-electron chi connectivity index (χ3n) is 3.38. The molecule has 0 radical (unpaired) electrons. The van der Waals surface area contributed by atoms with Gasteiger partial charge in [0.25, 0.3) is 5.91 Å². The lowest BCUT2D eigenvalue weighted by atomic mass is 10.1. The fraction of sp³-hybridized carbons (Fsp3) is 0.133. The average Bonchev–Trinajstić information content (AvgIpc) is 2.83. The predicted molar refractivity (Wildman–Crippen MR) is 77.7 cm³/mol. The van der Waals surface area contributed by atoms with Crippen molar-refractivity contribution in [3.63, 3.8) is 0 Å². The van der Waals surface area contributed by atoms with E-state index in [2.05, 4.69) is 0 Å². The summed E-state index contributed by atoms with van der Waals surface area (Å²) in [6, 6.07) is 12.7. The van der Waals surface area contributed by atoms with E-state index in [1.807, 2.05) is 18.2 Å². The van der Waals surface area contributed by atoms with Crippen LogP contribution >= 0.6 is 11.6 Å². The number of nitrogens with two attached hydrogens (primary N) is 1. The number of fused-ring (bicyclic) bond motifs is 1. The van der Waals surface area contributed by atoms with Gasteiger partial charge in [-0.3, -0.25) is 4.79 Å². The lowest BCUT2D eigenvalue weighted by Crippen LogP contribution is -2.28. The van der Waals surface area contributed by atoms with Crippen molar-refractivity contribution in [1.82, 2.24) is 0 Å². The van der Waals surface area contributed by atoms with Gasteiger partial charge in [-0.25, -0.2) is 0 Å². The van der Waals surface area contributed by atoms with Crippen molar-refractivity contribution in [3.05, 3.63) is 58.6 Å². The number of rotatable bonds is 1. The molecule has 0 saturated carbocycles. The molecule has 96 valence electrons. The Morgan fingerprint density at radius 3 is 2.79 bits per heavy atom. The number of anilines is 2. The maximum absolute atomic E-state index is 12.5. The predicted octanol–water partition coefficient (Wildman–Crippen LogP) is 3.13. The minimum atomic E-state index is -0.0353. The van der Waals surface area contributed by atoms with Crippen LogP contribution in [0.1, 0.15) is 15.9 Å². The second kappa shape index (κ2) is 4.59. The molecular weight excluding hydrogens is 260 g/mol. The summed E-state index contributed by atoms with van der Waals surface area (Å²) in [5.41, 5.74) is 9.25. The number of hydrogen-bond donors (Lipinski definition) is 1. The molecule has 0 fully saturated rings. The van der Waals surface area contributed by atoms with Crippen LogP contribution in [-0.4, -0.2) is 12.5 Å². The van der Waals surface area contributed by atoms with Crippen molar-refractivity contribution in [2.24, 2.45) is 0 Å². The molecule has 0 atom stereocenters. The number of nitrogens with zero attached hydrogens (tertiary/aromatic N) is 1. The minimum absolute atomic E-state index is 0.0353. The van der Waals surface area contributed by atoms with E-state index in [1.165, 1.54) is 0 Å². The largest absolute Gasteiger partial charge is 0.398 e. The Morgan fingerprint density at radius 1 is 1.21 bits per heavy atom. The fourth-order valence-electron chi connectivity index (χ4n) is 2.45. The zero-order valence-electron chi connectivity index (χ0n) is 10.3. The summed E-state index contributed by atoms with van der Waals surface area (Å²) >= 11 is 5.93. The summed E-state index contributed by atoms with van der Waals surface area (Å²) in [5.74, 6) is -0.0353. The Hall–Kier alpha value is -2.00. The van der Waals surface area contributed by atoms with Crippen LogP contribution in [0.15, 0.2) is 42.5 Å². The Labute approximate surface area is 116 Å². The highest BCUT2D eigenvalue weighted by Gasteiger charge is 2.26. The van der Waals surface area contributed by atoms with Gasteiger partial charge in [0.15, 0.2) is 0 Å². The van der Waals surface area contributed by atoms with Crippen molar-refractivity contribution in [2.75, 3.05) is 17.2 Å². The Kier molecular flexibility index (Phi) is 2.91.